The Morgan fingerprint density at radius 3 is 2.74 bits per heavy atom. The topological polar surface area (TPSA) is 68.0 Å². The highest BCUT2D eigenvalue weighted by Crippen LogP contribution is 2.33. The molecule has 0 unspecified atom stereocenters. The molecule has 1 amide bonds. The summed E-state index contributed by atoms with van der Waals surface area (Å²) in [6, 6.07) is 7.86. The lowest BCUT2D eigenvalue weighted by atomic mass is 10.0. The van der Waals surface area contributed by atoms with Gasteiger partial charge in [0.2, 0.25) is 5.91 Å². The van der Waals surface area contributed by atoms with Crippen LogP contribution in [-0.4, -0.2) is 10.9 Å². The first-order valence-electron chi connectivity index (χ1n) is 7.35. The highest BCUT2D eigenvalue weighted by molar-refractivity contribution is 6.33. The van der Waals surface area contributed by atoms with E-state index >= 15 is 0 Å². The number of carbonyl (C=O) groups is 1. The van der Waals surface area contributed by atoms with Crippen molar-refractivity contribution in [1.29, 1.82) is 0 Å². The molecular weight excluding hydrogens is 333 g/mol. The van der Waals surface area contributed by atoms with Crippen LogP contribution in [0.25, 0.3) is 11.1 Å². The number of aromatic nitrogens is 1. The van der Waals surface area contributed by atoms with Crippen molar-refractivity contribution in [2.75, 3.05) is 5.32 Å². The zero-order chi connectivity index (χ0) is 15.7. The van der Waals surface area contributed by atoms with Gasteiger partial charge in [-0.2, -0.15) is 0 Å². The minimum atomic E-state index is 0. The van der Waals surface area contributed by atoms with E-state index in [1.165, 1.54) is 0 Å². The van der Waals surface area contributed by atoms with E-state index < -0.39 is 0 Å². The molecule has 1 aromatic heterocycles. The Hall–Kier alpha value is -1.62. The SMILES string of the molecule is Cc1cc(-c2cc(NC(=O)C3CC3)ncc2Cl)ccc1CN.Cl. The third kappa shape index (κ3) is 4.02. The van der Waals surface area contributed by atoms with E-state index in [1.807, 2.05) is 25.1 Å². The second-order valence-corrected chi connectivity index (χ2v) is 6.07. The van der Waals surface area contributed by atoms with Gasteiger partial charge in [-0.25, -0.2) is 4.98 Å². The summed E-state index contributed by atoms with van der Waals surface area (Å²) in [6.07, 6.45) is 3.50. The molecule has 1 aromatic carbocycles. The van der Waals surface area contributed by atoms with Crippen molar-refractivity contribution in [3.63, 3.8) is 0 Å². The summed E-state index contributed by atoms with van der Waals surface area (Å²) in [5.74, 6) is 0.722. The van der Waals surface area contributed by atoms with Crippen LogP contribution in [0.3, 0.4) is 0 Å². The molecule has 6 heteroatoms. The Kier molecular flexibility index (Phi) is 5.63. The number of benzene rings is 1. The van der Waals surface area contributed by atoms with Crippen LogP contribution in [0.5, 0.6) is 0 Å². The van der Waals surface area contributed by atoms with E-state index in [-0.39, 0.29) is 24.2 Å². The second kappa shape index (κ2) is 7.30. The summed E-state index contributed by atoms with van der Waals surface area (Å²) in [5, 5.41) is 3.41. The van der Waals surface area contributed by atoms with E-state index in [0.29, 0.717) is 17.4 Å². The van der Waals surface area contributed by atoms with Crippen LogP contribution >= 0.6 is 24.0 Å². The van der Waals surface area contributed by atoms with Crippen LogP contribution in [0.1, 0.15) is 24.0 Å². The van der Waals surface area contributed by atoms with Crippen LogP contribution in [0.2, 0.25) is 5.02 Å². The van der Waals surface area contributed by atoms with Crippen LogP contribution in [0.4, 0.5) is 5.82 Å². The van der Waals surface area contributed by atoms with Gasteiger partial charge in [-0.05, 0) is 42.5 Å². The Bertz CT molecular complexity index is 730. The van der Waals surface area contributed by atoms with Gasteiger partial charge in [-0.3, -0.25) is 4.79 Å². The number of nitrogens with two attached hydrogens (primary N) is 1. The molecule has 3 N–H and O–H groups in total. The normalized spacial score (nSPS) is 13.3. The molecule has 1 fully saturated rings. The van der Waals surface area contributed by atoms with Crippen LogP contribution < -0.4 is 11.1 Å². The van der Waals surface area contributed by atoms with Crippen LogP contribution in [0.15, 0.2) is 30.5 Å². The number of amides is 1. The van der Waals surface area contributed by atoms with Crippen molar-refractivity contribution in [2.45, 2.75) is 26.3 Å². The zero-order valence-electron chi connectivity index (χ0n) is 12.8. The van der Waals surface area contributed by atoms with Gasteiger partial charge in [-0.1, -0.05) is 29.8 Å². The number of hydrogen-bond donors (Lipinski definition) is 2. The van der Waals surface area contributed by atoms with Gasteiger partial charge in [0.1, 0.15) is 5.82 Å². The number of nitrogens with one attached hydrogen (secondary N) is 1. The molecule has 3 rings (SSSR count). The Labute approximate surface area is 146 Å². The molecule has 0 atom stereocenters. The second-order valence-electron chi connectivity index (χ2n) is 5.66. The molecule has 122 valence electrons. The fourth-order valence-corrected chi connectivity index (χ4v) is 2.61. The van der Waals surface area contributed by atoms with Crippen molar-refractivity contribution in [3.8, 4) is 11.1 Å². The van der Waals surface area contributed by atoms with Gasteiger partial charge in [0.25, 0.3) is 0 Å². The van der Waals surface area contributed by atoms with E-state index in [1.54, 1.807) is 6.20 Å². The van der Waals surface area contributed by atoms with Crippen molar-refractivity contribution in [1.82, 2.24) is 4.98 Å². The maximum absolute atomic E-state index is 11.8. The first kappa shape index (κ1) is 17.7. The number of aryl methyl sites for hydroxylation is 1. The smallest absolute Gasteiger partial charge is 0.228 e. The summed E-state index contributed by atoms with van der Waals surface area (Å²) in [7, 11) is 0. The Balaban J connectivity index is 0.00000192. The standard InChI is InChI=1S/C17H18ClN3O.ClH/c1-10-6-12(4-5-13(10)8-19)14-7-16(20-9-15(14)18)21-17(22)11-2-3-11;/h4-7,9,11H,2-3,8,19H2,1H3,(H,20,21,22);1H. The van der Waals surface area contributed by atoms with Crippen molar-refractivity contribution < 1.29 is 4.79 Å². The van der Waals surface area contributed by atoms with Gasteiger partial charge in [0, 0.05) is 24.2 Å². The molecule has 23 heavy (non-hydrogen) atoms. The van der Waals surface area contributed by atoms with Gasteiger partial charge in [0.15, 0.2) is 0 Å². The number of halogens is 2. The summed E-state index contributed by atoms with van der Waals surface area (Å²) < 4.78 is 0. The molecule has 0 saturated heterocycles. The number of hydrogen-bond acceptors (Lipinski definition) is 3. The summed E-state index contributed by atoms with van der Waals surface area (Å²) >= 11 is 6.27. The van der Waals surface area contributed by atoms with Gasteiger partial charge >= 0.3 is 0 Å². The molecule has 0 spiro atoms. The van der Waals surface area contributed by atoms with Crippen LogP contribution in [0, 0.1) is 12.8 Å². The molecule has 4 nitrogen and oxygen atoms in total. The maximum atomic E-state index is 11.8. The largest absolute Gasteiger partial charge is 0.326 e. The van der Waals surface area contributed by atoms with E-state index in [0.717, 1.165) is 35.1 Å². The molecule has 2 aromatic rings. The summed E-state index contributed by atoms with van der Waals surface area (Å²) in [6.45, 7) is 2.54. The zero-order valence-corrected chi connectivity index (χ0v) is 14.4. The fourth-order valence-electron chi connectivity index (χ4n) is 2.39. The first-order valence-corrected chi connectivity index (χ1v) is 7.72. The number of rotatable bonds is 4. The lowest BCUT2D eigenvalue weighted by molar-refractivity contribution is -0.117. The lowest BCUT2D eigenvalue weighted by Gasteiger charge is -2.11. The lowest BCUT2D eigenvalue weighted by Crippen LogP contribution is -2.14. The molecule has 0 aliphatic heterocycles. The van der Waals surface area contributed by atoms with Crippen molar-refractivity contribution in [3.05, 3.63) is 46.6 Å². The van der Waals surface area contributed by atoms with Crippen molar-refractivity contribution in [2.24, 2.45) is 11.7 Å². The number of carbonyl (C=O) groups excluding carboxylic acids is 1. The summed E-state index contributed by atoms with van der Waals surface area (Å²) in [4.78, 5) is 16.0. The maximum Gasteiger partial charge on any atom is 0.228 e. The molecular formula is C17H19Cl2N3O. The fraction of sp³-hybridized carbons (Fsp3) is 0.294. The Morgan fingerprint density at radius 1 is 1.39 bits per heavy atom. The number of nitrogens with zero attached hydrogens (tertiary/aromatic N) is 1. The van der Waals surface area contributed by atoms with Gasteiger partial charge in [-0.15, -0.1) is 12.4 Å². The number of anilines is 1. The Morgan fingerprint density at radius 2 is 2.13 bits per heavy atom. The first-order chi connectivity index (χ1) is 10.6. The quantitative estimate of drug-likeness (QED) is 0.876. The molecule has 1 heterocycles. The number of pyridine rings is 1. The molecule has 1 saturated carbocycles. The average Bonchev–Trinajstić information content (AvgIpc) is 3.34. The predicted molar refractivity (Wildman–Crippen MR) is 95.9 cm³/mol. The minimum absolute atomic E-state index is 0. The predicted octanol–water partition coefficient (Wildman–Crippen LogP) is 3.94. The van der Waals surface area contributed by atoms with E-state index in [4.69, 9.17) is 17.3 Å². The van der Waals surface area contributed by atoms with Crippen molar-refractivity contribution >= 4 is 35.7 Å². The highest BCUT2D eigenvalue weighted by atomic mass is 35.5. The van der Waals surface area contributed by atoms with Gasteiger partial charge in [0.05, 0.1) is 5.02 Å². The van der Waals surface area contributed by atoms with Gasteiger partial charge < -0.3 is 11.1 Å². The van der Waals surface area contributed by atoms with E-state index in [9.17, 15) is 4.79 Å². The molecule has 1 aliphatic rings. The molecule has 0 bridgehead atoms. The highest BCUT2D eigenvalue weighted by Gasteiger charge is 2.29. The monoisotopic (exact) mass is 351 g/mol. The third-order valence-electron chi connectivity index (χ3n) is 3.93. The van der Waals surface area contributed by atoms with Crippen LogP contribution in [-0.2, 0) is 11.3 Å². The third-order valence-corrected chi connectivity index (χ3v) is 4.23. The average molecular weight is 352 g/mol. The summed E-state index contributed by atoms with van der Waals surface area (Å²) in [5.41, 5.74) is 9.77. The molecule has 0 radical (unpaired) electrons. The molecule has 1 aliphatic carbocycles. The van der Waals surface area contributed by atoms with E-state index in [2.05, 4.69) is 16.4 Å². The minimum Gasteiger partial charge on any atom is -0.326 e.